The van der Waals surface area contributed by atoms with E-state index in [0.29, 0.717) is 9.23 Å². The van der Waals surface area contributed by atoms with E-state index in [1.807, 2.05) is 43.3 Å². The number of allylic oxidation sites excluding steroid dienone is 2. The van der Waals surface area contributed by atoms with Gasteiger partial charge in [0.2, 0.25) is 0 Å². The SMILES string of the molecule is Cc1ccccc1N1C(=O)/C(=C/C=C/c2ccco2)SC1=S. The molecule has 1 aliphatic heterocycles. The van der Waals surface area contributed by atoms with E-state index in [2.05, 4.69) is 0 Å². The number of benzene rings is 1. The molecule has 1 aromatic heterocycles. The fourth-order valence-electron chi connectivity index (χ4n) is 2.12. The van der Waals surface area contributed by atoms with E-state index in [0.717, 1.165) is 17.0 Å². The summed E-state index contributed by atoms with van der Waals surface area (Å²) >= 11 is 6.66. The highest BCUT2D eigenvalue weighted by molar-refractivity contribution is 8.27. The maximum Gasteiger partial charge on any atom is 0.270 e. The predicted molar refractivity (Wildman–Crippen MR) is 94.7 cm³/mol. The highest BCUT2D eigenvalue weighted by Gasteiger charge is 2.33. The van der Waals surface area contributed by atoms with Crippen molar-refractivity contribution in [2.45, 2.75) is 6.92 Å². The van der Waals surface area contributed by atoms with Crippen LogP contribution in [0.25, 0.3) is 6.08 Å². The van der Waals surface area contributed by atoms with Gasteiger partial charge in [-0.2, -0.15) is 0 Å². The number of nitrogens with zero attached hydrogens (tertiary/aromatic N) is 1. The fraction of sp³-hybridized carbons (Fsp3) is 0.0588. The van der Waals surface area contributed by atoms with Gasteiger partial charge in [0.1, 0.15) is 5.76 Å². The summed E-state index contributed by atoms with van der Waals surface area (Å²) in [6.45, 7) is 1.97. The Bertz CT molecular complexity index is 776. The van der Waals surface area contributed by atoms with E-state index in [-0.39, 0.29) is 5.91 Å². The van der Waals surface area contributed by atoms with Crippen LogP contribution in [0.5, 0.6) is 0 Å². The molecule has 2 aromatic rings. The van der Waals surface area contributed by atoms with Crippen LogP contribution in [0, 0.1) is 6.92 Å². The summed E-state index contributed by atoms with van der Waals surface area (Å²) in [6.07, 6.45) is 6.97. The Morgan fingerprint density at radius 3 is 2.77 bits per heavy atom. The molecule has 22 heavy (non-hydrogen) atoms. The van der Waals surface area contributed by atoms with Gasteiger partial charge in [-0.3, -0.25) is 9.69 Å². The zero-order valence-corrected chi connectivity index (χ0v) is 13.5. The monoisotopic (exact) mass is 327 g/mol. The minimum atomic E-state index is -0.0894. The Labute approximate surface area is 138 Å². The number of furan rings is 1. The molecule has 1 aromatic carbocycles. The standard InChI is InChI=1S/C17H13NO2S2/c1-12-6-2-3-9-14(12)18-16(19)15(22-17(18)21)10-4-7-13-8-5-11-20-13/h2-11H,1H3/b7-4+,15-10-. The molecule has 3 rings (SSSR count). The van der Waals surface area contributed by atoms with E-state index in [1.165, 1.54) is 11.8 Å². The van der Waals surface area contributed by atoms with Gasteiger partial charge in [-0.25, -0.2) is 0 Å². The van der Waals surface area contributed by atoms with Crippen molar-refractivity contribution in [3.05, 3.63) is 71.0 Å². The summed E-state index contributed by atoms with van der Waals surface area (Å²) in [5, 5.41) is 0. The number of hydrogen-bond acceptors (Lipinski definition) is 4. The third kappa shape index (κ3) is 2.91. The first-order valence-electron chi connectivity index (χ1n) is 6.70. The van der Waals surface area contributed by atoms with Crippen molar-refractivity contribution in [1.29, 1.82) is 0 Å². The van der Waals surface area contributed by atoms with Gasteiger partial charge in [-0.05, 0) is 42.8 Å². The number of hydrogen-bond donors (Lipinski definition) is 0. The first kappa shape index (κ1) is 14.8. The van der Waals surface area contributed by atoms with Crippen LogP contribution >= 0.6 is 24.0 Å². The molecule has 0 spiro atoms. The van der Waals surface area contributed by atoms with Gasteiger partial charge in [0.05, 0.1) is 16.9 Å². The van der Waals surface area contributed by atoms with Gasteiger partial charge in [-0.1, -0.05) is 48.3 Å². The first-order valence-corrected chi connectivity index (χ1v) is 7.93. The predicted octanol–water partition coefficient (Wildman–Crippen LogP) is 4.55. The lowest BCUT2D eigenvalue weighted by Crippen LogP contribution is -2.28. The van der Waals surface area contributed by atoms with E-state index in [1.54, 1.807) is 29.4 Å². The number of aryl methyl sites for hydroxylation is 1. The normalized spacial score (nSPS) is 17.1. The van der Waals surface area contributed by atoms with Crippen molar-refractivity contribution in [2.24, 2.45) is 0 Å². The summed E-state index contributed by atoms with van der Waals surface area (Å²) in [6, 6.07) is 11.4. The van der Waals surface area contributed by atoms with Crippen molar-refractivity contribution in [3.8, 4) is 0 Å². The lowest BCUT2D eigenvalue weighted by molar-refractivity contribution is -0.113. The number of para-hydroxylation sites is 1. The summed E-state index contributed by atoms with van der Waals surface area (Å²) in [7, 11) is 0. The molecule has 5 heteroatoms. The van der Waals surface area contributed by atoms with E-state index < -0.39 is 0 Å². The van der Waals surface area contributed by atoms with Crippen LogP contribution in [0.15, 0.2) is 64.1 Å². The minimum absolute atomic E-state index is 0.0894. The van der Waals surface area contributed by atoms with E-state index in [4.69, 9.17) is 16.6 Å². The molecule has 1 aliphatic rings. The van der Waals surface area contributed by atoms with Crippen molar-refractivity contribution in [2.75, 3.05) is 4.90 Å². The molecule has 110 valence electrons. The largest absolute Gasteiger partial charge is 0.465 e. The quantitative estimate of drug-likeness (QED) is 0.612. The molecular formula is C17H13NO2S2. The molecule has 1 amide bonds. The number of thiocarbonyl (C=S) groups is 1. The summed E-state index contributed by atoms with van der Waals surface area (Å²) in [4.78, 5) is 14.7. The van der Waals surface area contributed by atoms with Crippen molar-refractivity contribution >= 4 is 46.0 Å². The van der Waals surface area contributed by atoms with Gasteiger partial charge in [-0.15, -0.1) is 0 Å². The average Bonchev–Trinajstić information content (AvgIpc) is 3.10. The maximum absolute atomic E-state index is 12.6. The second-order valence-electron chi connectivity index (χ2n) is 4.70. The maximum atomic E-state index is 12.6. The molecule has 0 N–H and O–H groups in total. The molecule has 0 unspecified atom stereocenters. The molecule has 0 bridgehead atoms. The third-order valence-corrected chi connectivity index (χ3v) is 4.52. The number of rotatable bonds is 3. The Kier molecular flexibility index (Phi) is 4.27. The van der Waals surface area contributed by atoms with Gasteiger partial charge in [0.15, 0.2) is 4.32 Å². The number of carbonyl (C=O) groups is 1. The van der Waals surface area contributed by atoms with Crippen LogP contribution in [-0.2, 0) is 4.79 Å². The summed E-state index contributed by atoms with van der Waals surface area (Å²) in [5.41, 5.74) is 1.86. The van der Waals surface area contributed by atoms with E-state index >= 15 is 0 Å². The molecule has 1 saturated heterocycles. The molecule has 0 atom stereocenters. The minimum Gasteiger partial charge on any atom is -0.465 e. The smallest absolute Gasteiger partial charge is 0.270 e. The first-order chi connectivity index (χ1) is 10.7. The lowest BCUT2D eigenvalue weighted by Gasteiger charge is -2.16. The second kappa shape index (κ2) is 6.34. The molecule has 0 aliphatic carbocycles. The zero-order valence-electron chi connectivity index (χ0n) is 11.9. The average molecular weight is 327 g/mol. The molecule has 2 heterocycles. The number of anilines is 1. The fourth-order valence-corrected chi connectivity index (χ4v) is 3.36. The second-order valence-corrected chi connectivity index (χ2v) is 6.38. The zero-order chi connectivity index (χ0) is 15.5. The number of carbonyl (C=O) groups excluding carboxylic acids is 1. The molecule has 0 saturated carbocycles. The number of thioether (sulfide) groups is 1. The van der Waals surface area contributed by atoms with Crippen LogP contribution in [0.1, 0.15) is 11.3 Å². The van der Waals surface area contributed by atoms with Gasteiger partial charge in [0, 0.05) is 0 Å². The number of amides is 1. The summed E-state index contributed by atoms with van der Waals surface area (Å²) < 4.78 is 5.76. The van der Waals surface area contributed by atoms with Gasteiger partial charge < -0.3 is 4.42 Å². The molecule has 3 nitrogen and oxygen atoms in total. The third-order valence-electron chi connectivity index (χ3n) is 3.20. The van der Waals surface area contributed by atoms with Crippen LogP contribution in [-0.4, -0.2) is 10.2 Å². The van der Waals surface area contributed by atoms with Crippen LogP contribution in [0.4, 0.5) is 5.69 Å². The molecular weight excluding hydrogens is 314 g/mol. The Morgan fingerprint density at radius 1 is 1.23 bits per heavy atom. The topological polar surface area (TPSA) is 33.5 Å². The van der Waals surface area contributed by atoms with E-state index in [9.17, 15) is 4.79 Å². The van der Waals surface area contributed by atoms with Crippen molar-refractivity contribution in [3.63, 3.8) is 0 Å². The van der Waals surface area contributed by atoms with Crippen LogP contribution in [0.2, 0.25) is 0 Å². The van der Waals surface area contributed by atoms with Crippen LogP contribution in [0.3, 0.4) is 0 Å². The Balaban J connectivity index is 1.84. The molecule has 0 radical (unpaired) electrons. The summed E-state index contributed by atoms with van der Waals surface area (Å²) in [5.74, 6) is 0.652. The van der Waals surface area contributed by atoms with Crippen LogP contribution < -0.4 is 4.90 Å². The van der Waals surface area contributed by atoms with Crippen molar-refractivity contribution in [1.82, 2.24) is 0 Å². The Hall–Kier alpha value is -2.11. The van der Waals surface area contributed by atoms with Gasteiger partial charge in [0.25, 0.3) is 5.91 Å². The molecule has 1 fully saturated rings. The lowest BCUT2D eigenvalue weighted by atomic mass is 10.2. The van der Waals surface area contributed by atoms with Crippen molar-refractivity contribution < 1.29 is 9.21 Å². The highest BCUT2D eigenvalue weighted by Crippen LogP contribution is 2.36. The highest BCUT2D eigenvalue weighted by atomic mass is 32.2. The Morgan fingerprint density at radius 2 is 2.05 bits per heavy atom. The van der Waals surface area contributed by atoms with Gasteiger partial charge >= 0.3 is 0 Å².